The summed E-state index contributed by atoms with van der Waals surface area (Å²) in [7, 11) is 0. The zero-order valence-electron chi connectivity index (χ0n) is 32.1. The number of aliphatic carboxylic acids is 1. The quantitative estimate of drug-likeness (QED) is 0.126. The second kappa shape index (κ2) is 18.9. The van der Waals surface area contributed by atoms with E-state index in [1.165, 1.54) is 62.6 Å². The van der Waals surface area contributed by atoms with Crippen molar-refractivity contribution < 1.29 is 48.6 Å². The third-order valence-corrected chi connectivity index (χ3v) is 8.29. The standard InChI is InChI=1S/C19H21FN2O3.C10H9FO2.C9H14N2O2/c1-2-25-18-8-5-13(10-21-18)17(11-23)22-19(24)16-9-15(16)12-3-6-14(20)7-4-12;11-7-3-1-6(2-4-7)8-5-9(8)10(12)13;1-2-13-9-4-3-7(5-11-9)8(10)6-12/h3-8,10,15-17,23H,2,9,11H2,1H3,(H,22,24);1-4,8-9H,5H2,(H,12,13);3-5,8,12H,2,6,10H2,1H3/t15-,16+,17+;8-,9+;8-/m110/s1/i2D2;;2D2. The van der Waals surface area contributed by atoms with Crippen LogP contribution in [-0.2, 0) is 9.59 Å². The number of rotatable bonds is 13. The summed E-state index contributed by atoms with van der Waals surface area (Å²) < 4.78 is 64.5. The number of aliphatic hydroxyl groups excluding tert-OH is 2. The number of carbonyl (C=O) groups is 2. The lowest BCUT2D eigenvalue weighted by Crippen LogP contribution is -2.32. The van der Waals surface area contributed by atoms with Crippen molar-refractivity contribution in [2.24, 2.45) is 17.6 Å². The van der Waals surface area contributed by atoms with Gasteiger partial charge in [0.15, 0.2) is 0 Å². The molecule has 51 heavy (non-hydrogen) atoms. The second-order valence-electron chi connectivity index (χ2n) is 11.8. The minimum Gasteiger partial charge on any atom is -0.481 e. The molecule has 4 aromatic rings. The van der Waals surface area contributed by atoms with Crippen molar-refractivity contribution in [1.82, 2.24) is 15.3 Å². The highest BCUT2D eigenvalue weighted by molar-refractivity contribution is 5.83. The molecule has 6 rings (SSSR count). The number of carbonyl (C=O) groups excluding carboxylic acids is 1. The number of nitrogens with one attached hydrogen (secondary N) is 1. The van der Waals surface area contributed by atoms with E-state index in [9.17, 15) is 23.5 Å². The Balaban J connectivity index is 0.000000202. The molecule has 6 N–H and O–H groups in total. The molecule has 0 bridgehead atoms. The monoisotopic (exact) mass is 710 g/mol. The first-order valence-corrected chi connectivity index (χ1v) is 16.2. The maximum Gasteiger partial charge on any atom is 0.307 e. The Hall–Kier alpha value is -4.98. The first-order valence-electron chi connectivity index (χ1n) is 18.2. The van der Waals surface area contributed by atoms with Gasteiger partial charge in [-0.15, -0.1) is 0 Å². The number of hydrogen-bond acceptors (Lipinski definition) is 9. The fraction of sp³-hybridized carbons (Fsp3) is 0.368. The molecule has 2 aromatic heterocycles. The predicted octanol–water partition coefficient (Wildman–Crippen LogP) is 5.06. The normalized spacial score (nSPS) is 21.2. The van der Waals surface area contributed by atoms with Crippen LogP contribution in [0.25, 0.3) is 0 Å². The molecule has 2 saturated carbocycles. The fourth-order valence-electron chi connectivity index (χ4n) is 5.27. The average molecular weight is 711 g/mol. The molecule has 0 unspecified atom stereocenters. The summed E-state index contributed by atoms with van der Waals surface area (Å²) >= 11 is 0. The van der Waals surface area contributed by atoms with Crippen LogP contribution in [0.2, 0.25) is 0 Å². The number of aliphatic hydroxyl groups is 2. The largest absolute Gasteiger partial charge is 0.481 e. The smallest absolute Gasteiger partial charge is 0.307 e. The summed E-state index contributed by atoms with van der Waals surface area (Å²) in [5.74, 6) is -1.51. The minimum absolute atomic E-state index is 0.0608. The second-order valence-corrected chi connectivity index (χ2v) is 11.8. The van der Waals surface area contributed by atoms with Crippen molar-refractivity contribution in [2.45, 2.75) is 50.6 Å². The molecule has 13 heteroatoms. The van der Waals surface area contributed by atoms with Gasteiger partial charge >= 0.3 is 5.97 Å². The maximum atomic E-state index is 13.0. The van der Waals surface area contributed by atoms with E-state index in [1.807, 2.05) is 0 Å². The molecule has 6 atom stereocenters. The zero-order valence-corrected chi connectivity index (χ0v) is 28.1. The van der Waals surface area contributed by atoms with E-state index in [0.29, 0.717) is 24.0 Å². The SMILES string of the molecule is O=C(O)[C@H]1C[C@@H]1c1ccc(F)cc1.[2H]C([2H])(C)Oc1ccc([C@@H](N)CO)cn1.[2H]C([2H])(C)Oc1ccc([C@H](CO)NC(=O)[C@H]2C[C@@H]2c2ccc(F)cc2)cn1. The number of nitrogens with zero attached hydrogens (tertiary/aromatic N) is 2. The summed E-state index contributed by atoms with van der Waals surface area (Å²) in [6.07, 6.45) is 4.27. The van der Waals surface area contributed by atoms with Gasteiger partial charge in [0.2, 0.25) is 17.7 Å². The van der Waals surface area contributed by atoms with E-state index in [1.54, 1.807) is 36.4 Å². The molecular weight excluding hydrogens is 662 g/mol. The maximum absolute atomic E-state index is 13.0. The molecular formula is C38H44F2N4O7. The summed E-state index contributed by atoms with van der Waals surface area (Å²) in [6, 6.07) is 17.4. The summed E-state index contributed by atoms with van der Waals surface area (Å²) in [5, 5.41) is 29.9. The Labute approximate surface area is 301 Å². The van der Waals surface area contributed by atoms with Crippen LogP contribution in [0.3, 0.4) is 0 Å². The van der Waals surface area contributed by atoms with E-state index in [2.05, 4.69) is 15.3 Å². The highest BCUT2D eigenvalue weighted by atomic mass is 19.1. The molecule has 2 aromatic carbocycles. The van der Waals surface area contributed by atoms with Crippen LogP contribution in [0.4, 0.5) is 8.78 Å². The first-order chi connectivity index (χ1) is 25.9. The number of carboxylic acids is 1. The van der Waals surface area contributed by atoms with Gasteiger partial charge in [0.25, 0.3) is 0 Å². The highest BCUT2D eigenvalue weighted by Crippen LogP contribution is 2.48. The topological polar surface area (TPSA) is 177 Å². The molecule has 2 aliphatic rings. The Morgan fingerprint density at radius 3 is 1.67 bits per heavy atom. The number of halogens is 2. The zero-order chi connectivity index (χ0) is 40.5. The molecule has 272 valence electrons. The van der Waals surface area contributed by atoms with Crippen molar-refractivity contribution in [3.05, 3.63) is 119 Å². The molecule has 1 amide bonds. The van der Waals surface area contributed by atoms with E-state index >= 15 is 0 Å². The Bertz CT molecular complexity index is 1850. The van der Waals surface area contributed by atoms with Crippen LogP contribution in [0.1, 0.15) is 78.3 Å². The number of amides is 1. The fourth-order valence-corrected chi connectivity index (χ4v) is 5.27. The van der Waals surface area contributed by atoms with Gasteiger partial charge in [-0.1, -0.05) is 30.3 Å². The molecule has 0 radical (unpaired) electrons. The van der Waals surface area contributed by atoms with Crippen LogP contribution >= 0.6 is 0 Å². The van der Waals surface area contributed by atoms with Gasteiger partial charge in [0, 0.05) is 30.4 Å². The summed E-state index contributed by atoms with van der Waals surface area (Å²) in [5.41, 5.74) is 8.69. The van der Waals surface area contributed by atoms with Crippen molar-refractivity contribution >= 4 is 11.9 Å². The van der Waals surface area contributed by atoms with Crippen LogP contribution in [-0.4, -0.2) is 63.5 Å². The Morgan fingerprint density at radius 1 is 0.804 bits per heavy atom. The lowest BCUT2D eigenvalue weighted by molar-refractivity contribution is -0.138. The van der Waals surface area contributed by atoms with Crippen LogP contribution in [0.15, 0.2) is 85.2 Å². The molecule has 2 heterocycles. The van der Waals surface area contributed by atoms with Gasteiger partial charge in [0.1, 0.15) is 11.6 Å². The van der Waals surface area contributed by atoms with Gasteiger partial charge in [-0.2, -0.15) is 0 Å². The van der Waals surface area contributed by atoms with Gasteiger partial charge in [-0.3, -0.25) is 9.59 Å². The third-order valence-electron chi connectivity index (χ3n) is 8.29. The van der Waals surface area contributed by atoms with Gasteiger partial charge in [-0.25, -0.2) is 18.7 Å². The number of hydrogen-bond donors (Lipinski definition) is 5. The number of benzene rings is 2. The average Bonchev–Trinajstić information content (AvgIpc) is 4.06. The predicted molar refractivity (Wildman–Crippen MR) is 185 cm³/mol. The molecule has 0 aliphatic heterocycles. The molecule has 2 fully saturated rings. The van der Waals surface area contributed by atoms with Gasteiger partial charge in [0.05, 0.1) is 49.8 Å². The third kappa shape index (κ3) is 11.5. The highest BCUT2D eigenvalue weighted by Gasteiger charge is 2.45. The lowest BCUT2D eigenvalue weighted by atomic mass is 10.1. The summed E-state index contributed by atoms with van der Waals surface area (Å²) in [4.78, 5) is 30.9. The first kappa shape index (κ1) is 33.2. The number of carboxylic acid groups (broad SMARTS) is 1. The molecule has 11 nitrogen and oxygen atoms in total. The molecule has 0 saturated heterocycles. The number of pyridine rings is 2. The summed E-state index contributed by atoms with van der Waals surface area (Å²) in [6.45, 7) is -1.49. The van der Waals surface area contributed by atoms with E-state index in [4.69, 9.17) is 30.9 Å². The van der Waals surface area contributed by atoms with Crippen molar-refractivity contribution in [3.8, 4) is 11.8 Å². The number of aromatic nitrogens is 2. The molecule has 0 spiro atoms. The Morgan fingerprint density at radius 2 is 1.27 bits per heavy atom. The van der Waals surface area contributed by atoms with E-state index in [0.717, 1.165) is 11.1 Å². The van der Waals surface area contributed by atoms with Crippen LogP contribution in [0, 0.1) is 23.5 Å². The lowest BCUT2D eigenvalue weighted by Gasteiger charge is -2.17. The van der Waals surface area contributed by atoms with Crippen molar-refractivity contribution in [1.29, 1.82) is 0 Å². The van der Waals surface area contributed by atoms with Crippen LogP contribution in [0.5, 0.6) is 11.8 Å². The van der Waals surface area contributed by atoms with Crippen molar-refractivity contribution in [2.75, 3.05) is 26.3 Å². The van der Waals surface area contributed by atoms with E-state index < -0.39 is 31.2 Å². The van der Waals surface area contributed by atoms with E-state index in [-0.39, 0.29) is 66.2 Å². The van der Waals surface area contributed by atoms with Crippen molar-refractivity contribution in [3.63, 3.8) is 0 Å². The van der Waals surface area contributed by atoms with Gasteiger partial charge in [-0.05, 0) is 91.1 Å². The van der Waals surface area contributed by atoms with Crippen LogP contribution < -0.4 is 20.5 Å². The minimum atomic E-state index is -1.85. The Kier molecular flexibility index (Phi) is 12.3. The van der Waals surface area contributed by atoms with Gasteiger partial charge < -0.3 is 35.8 Å². The molecule has 2 aliphatic carbocycles. The number of ether oxygens (including phenoxy) is 2. The number of nitrogens with two attached hydrogens (primary N) is 1.